The van der Waals surface area contributed by atoms with E-state index in [2.05, 4.69) is 6.07 Å². The Balaban J connectivity index is 1.46. The second-order valence-electron chi connectivity index (χ2n) is 8.27. The van der Waals surface area contributed by atoms with Crippen LogP contribution in [0.1, 0.15) is 32.7 Å². The Morgan fingerprint density at radius 2 is 1.74 bits per heavy atom. The number of ether oxygens (including phenoxy) is 2. The van der Waals surface area contributed by atoms with Crippen LogP contribution in [0.4, 0.5) is 0 Å². The van der Waals surface area contributed by atoms with Crippen molar-refractivity contribution in [1.82, 2.24) is 4.57 Å². The van der Waals surface area contributed by atoms with Gasteiger partial charge in [0.15, 0.2) is 0 Å². The number of hydrogen-bond acceptors (Lipinski definition) is 4. The fourth-order valence-corrected chi connectivity index (χ4v) is 4.22. The minimum Gasteiger partial charge on any atom is -0.496 e. The number of carboxylic acids is 1. The fourth-order valence-electron chi connectivity index (χ4n) is 4.22. The smallest absolute Gasteiger partial charge is 0.307 e. The van der Waals surface area contributed by atoms with Crippen LogP contribution in [-0.4, -0.2) is 35.3 Å². The molecule has 4 rings (SSSR count). The van der Waals surface area contributed by atoms with Gasteiger partial charge in [-0.2, -0.15) is 0 Å². The number of benzene rings is 3. The van der Waals surface area contributed by atoms with Crippen molar-refractivity contribution in [2.75, 3.05) is 13.7 Å². The standard InChI is InChI=1S/C28H27NO5/c1-18-15-20(7-12-26(18)33-3)13-14-34-23-10-8-21(9-11-23)28(32)29-19(2)16-24-22(17-27(30)31)5-4-6-25(24)29/h4-12,15-16H,13-14,17H2,1-3H3,(H,30,31). The first-order valence-corrected chi connectivity index (χ1v) is 11.1. The summed E-state index contributed by atoms with van der Waals surface area (Å²) in [6, 6.07) is 20.4. The number of carboxylic acid groups (broad SMARTS) is 1. The second-order valence-corrected chi connectivity index (χ2v) is 8.27. The average molecular weight is 458 g/mol. The maximum Gasteiger partial charge on any atom is 0.307 e. The van der Waals surface area contributed by atoms with Crippen LogP contribution >= 0.6 is 0 Å². The van der Waals surface area contributed by atoms with Crippen molar-refractivity contribution in [3.63, 3.8) is 0 Å². The van der Waals surface area contributed by atoms with E-state index in [0.717, 1.165) is 28.8 Å². The Morgan fingerprint density at radius 1 is 0.971 bits per heavy atom. The number of nitrogens with zero attached hydrogens (tertiary/aromatic N) is 1. The largest absolute Gasteiger partial charge is 0.496 e. The van der Waals surface area contributed by atoms with Gasteiger partial charge < -0.3 is 14.6 Å². The summed E-state index contributed by atoms with van der Waals surface area (Å²) >= 11 is 0. The number of aliphatic carboxylic acids is 1. The van der Waals surface area contributed by atoms with Crippen LogP contribution in [0.2, 0.25) is 0 Å². The first-order valence-electron chi connectivity index (χ1n) is 11.1. The van der Waals surface area contributed by atoms with Crippen molar-refractivity contribution >= 4 is 22.8 Å². The van der Waals surface area contributed by atoms with Crippen molar-refractivity contribution < 1.29 is 24.2 Å². The van der Waals surface area contributed by atoms with Gasteiger partial charge in [-0.25, -0.2) is 0 Å². The van der Waals surface area contributed by atoms with E-state index >= 15 is 0 Å². The summed E-state index contributed by atoms with van der Waals surface area (Å²) in [5.41, 5.74) is 4.94. The van der Waals surface area contributed by atoms with Gasteiger partial charge in [-0.3, -0.25) is 14.2 Å². The zero-order valence-electron chi connectivity index (χ0n) is 19.5. The van der Waals surface area contributed by atoms with Crippen molar-refractivity contribution in [3.8, 4) is 11.5 Å². The first kappa shape index (κ1) is 23.1. The molecule has 0 aliphatic rings. The number of fused-ring (bicyclic) bond motifs is 1. The lowest BCUT2D eigenvalue weighted by Crippen LogP contribution is -2.13. The fraction of sp³-hybridized carbons (Fsp3) is 0.214. The monoisotopic (exact) mass is 457 g/mol. The van der Waals surface area contributed by atoms with Crippen molar-refractivity contribution in [1.29, 1.82) is 0 Å². The van der Waals surface area contributed by atoms with E-state index < -0.39 is 5.97 Å². The van der Waals surface area contributed by atoms with E-state index in [1.165, 1.54) is 5.56 Å². The average Bonchev–Trinajstić information content (AvgIpc) is 3.16. The SMILES string of the molecule is COc1ccc(CCOc2ccc(C(=O)n3c(C)cc4c(CC(=O)O)cccc43)cc2)cc1C. The van der Waals surface area contributed by atoms with Gasteiger partial charge in [-0.15, -0.1) is 0 Å². The quantitative estimate of drug-likeness (QED) is 0.393. The number of carbonyl (C=O) groups excluding carboxylic acids is 1. The summed E-state index contributed by atoms with van der Waals surface area (Å²) in [5, 5.41) is 9.97. The van der Waals surface area contributed by atoms with Gasteiger partial charge >= 0.3 is 5.97 Å². The van der Waals surface area contributed by atoms with Crippen molar-refractivity contribution in [2.24, 2.45) is 0 Å². The van der Waals surface area contributed by atoms with E-state index in [-0.39, 0.29) is 12.3 Å². The number of rotatable bonds is 8. The summed E-state index contributed by atoms with van der Waals surface area (Å²) in [4.78, 5) is 24.5. The topological polar surface area (TPSA) is 77.8 Å². The molecule has 0 amide bonds. The molecule has 1 N–H and O–H groups in total. The van der Waals surface area contributed by atoms with E-state index in [9.17, 15) is 14.7 Å². The third-order valence-corrected chi connectivity index (χ3v) is 5.89. The van der Waals surface area contributed by atoms with Crippen LogP contribution in [0.25, 0.3) is 10.9 Å². The molecule has 3 aromatic carbocycles. The lowest BCUT2D eigenvalue weighted by atomic mass is 10.1. The van der Waals surface area contributed by atoms with Crippen LogP contribution in [0, 0.1) is 13.8 Å². The Hall–Kier alpha value is -4.06. The molecule has 0 saturated heterocycles. The molecule has 34 heavy (non-hydrogen) atoms. The first-order chi connectivity index (χ1) is 16.4. The summed E-state index contributed by atoms with van der Waals surface area (Å²) in [6.45, 7) is 4.38. The number of aromatic nitrogens is 1. The minimum atomic E-state index is -0.901. The molecule has 0 unspecified atom stereocenters. The molecule has 1 aromatic heterocycles. The minimum absolute atomic E-state index is 0.0862. The molecule has 6 nitrogen and oxygen atoms in total. The molecule has 0 aliphatic carbocycles. The Labute approximate surface area is 198 Å². The molecule has 0 spiro atoms. The second kappa shape index (κ2) is 9.83. The van der Waals surface area contributed by atoms with Crippen LogP contribution in [0.3, 0.4) is 0 Å². The predicted molar refractivity (Wildman–Crippen MR) is 131 cm³/mol. The zero-order valence-corrected chi connectivity index (χ0v) is 19.5. The summed E-state index contributed by atoms with van der Waals surface area (Å²) in [7, 11) is 1.66. The zero-order chi connectivity index (χ0) is 24.2. The molecule has 0 saturated carbocycles. The molecule has 0 fully saturated rings. The van der Waals surface area contributed by atoms with Crippen molar-refractivity contribution in [2.45, 2.75) is 26.7 Å². The maximum atomic E-state index is 13.3. The van der Waals surface area contributed by atoms with Gasteiger partial charge in [0.2, 0.25) is 0 Å². The molecule has 0 radical (unpaired) electrons. The van der Waals surface area contributed by atoms with Gasteiger partial charge in [0.1, 0.15) is 11.5 Å². The van der Waals surface area contributed by atoms with Gasteiger partial charge in [0.25, 0.3) is 5.91 Å². The molecule has 174 valence electrons. The van der Waals surface area contributed by atoms with E-state index in [0.29, 0.717) is 29.0 Å². The van der Waals surface area contributed by atoms with E-state index in [1.807, 2.05) is 38.1 Å². The highest BCUT2D eigenvalue weighted by Gasteiger charge is 2.17. The van der Waals surface area contributed by atoms with E-state index in [4.69, 9.17) is 9.47 Å². The van der Waals surface area contributed by atoms with Gasteiger partial charge in [0.05, 0.1) is 25.7 Å². The van der Waals surface area contributed by atoms with E-state index in [1.54, 1.807) is 48.1 Å². The highest BCUT2D eigenvalue weighted by atomic mass is 16.5. The molecule has 4 aromatic rings. The highest BCUT2D eigenvalue weighted by molar-refractivity contribution is 6.04. The third kappa shape index (κ3) is 4.81. The Morgan fingerprint density at radius 3 is 2.41 bits per heavy atom. The number of carbonyl (C=O) groups is 2. The number of aryl methyl sites for hydroxylation is 2. The van der Waals surface area contributed by atoms with Crippen LogP contribution in [0.15, 0.2) is 66.7 Å². The molecule has 0 aliphatic heterocycles. The van der Waals surface area contributed by atoms with Gasteiger partial charge in [0, 0.05) is 23.1 Å². The lowest BCUT2D eigenvalue weighted by molar-refractivity contribution is -0.136. The summed E-state index contributed by atoms with van der Waals surface area (Å²) in [6.07, 6.45) is 0.676. The molecule has 0 atom stereocenters. The molecule has 6 heteroatoms. The van der Waals surface area contributed by atoms with Gasteiger partial charge in [-0.1, -0.05) is 24.3 Å². The third-order valence-electron chi connectivity index (χ3n) is 5.89. The molecular formula is C28H27NO5. The highest BCUT2D eigenvalue weighted by Crippen LogP contribution is 2.26. The van der Waals surface area contributed by atoms with Crippen molar-refractivity contribution in [3.05, 3.63) is 94.7 Å². The molecule has 0 bridgehead atoms. The normalized spacial score (nSPS) is 10.9. The molecule has 1 heterocycles. The van der Waals surface area contributed by atoms with Gasteiger partial charge in [-0.05, 0) is 73.0 Å². The maximum absolute atomic E-state index is 13.3. The summed E-state index contributed by atoms with van der Waals surface area (Å²) in [5.74, 6) is 0.496. The molecular weight excluding hydrogens is 430 g/mol. The van der Waals surface area contributed by atoms with Crippen LogP contribution in [-0.2, 0) is 17.6 Å². The Kier molecular flexibility index (Phi) is 6.68. The lowest BCUT2D eigenvalue weighted by Gasteiger charge is -2.10. The predicted octanol–water partition coefficient (Wildman–Crippen LogP) is 5.20. The Bertz CT molecular complexity index is 1350. The van der Waals surface area contributed by atoms with Crippen LogP contribution < -0.4 is 9.47 Å². The number of hydrogen-bond donors (Lipinski definition) is 1. The van der Waals surface area contributed by atoms with Crippen LogP contribution in [0.5, 0.6) is 11.5 Å². The number of methoxy groups -OCH3 is 1. The summed E-state index contributed by atoms with van der Waals surface area (Å²) < 4.78 is 12.8.